The first-order valence-electron chi connectivity index (χ1n) is 26.1. The van der Waals surface area contributed by atoms with Crippen molar-refractivity contribution in [1.82, 2.24) is 36.4 Å². The van der Waals surface area contributed by atoms with E-state index in [4.69, 9.17) is 41.0 Å². The molecule has 26 heteroatoms. The topological polar surface area (TPSA) is 319 Å². The molecule has 0 aliphatic carbocycles. The molecule has 0 radical (unpaired) electrons. The molecule has 4 aliphatic heterocycles. The molecule has 4 heterocycles. The highest BCUT2D eigenvalue weighted by Gasteiger charge is 2.64. The smallest absolute Gasteiger partial charge is 0.409 e. The van der Waals surface area contributed by atoms with Gasteiger partial charge in [-0.3, -0.25) is 39.0 Å². The number of carbonyl (C=O) groups is 9. The van der Waals surface area contributed by atoms with Gasteiger partial charge in [0, 0.05) is 71.8 Å². The Labute approximate surface area is 469 Å². The number of thioether (sulfide) groups is 1. The Morgan fingerprint density at radius 1 is 1.03 bits per heavy atom. The normalized spacial score (nSPS) is 26.2. The molecule has 8 N–H and O–H groups in total. The quantitative estimate of drug-likeness (QED) is 0.0378. The number of aliphatic hydroxyl groups is 1. The van der Waals surface area contributed by atoms with E-state index in [1.165, 1.54) is 51.9 Å². The van der Waals surface area contributed by atoms with Gasteiger partial charge in [0.1, 0.15) is 52.8 Å². The molecule has 5 rings (SSSR count). The Morgan fingerprint density at radius 2 is 1.71 bits per heavy atom. The number of amides is 9. The number of alkyl carbamates (subject to hydrolysis) is 1. The van der Waals surface area contributed by atoms with Gasteiger partial charge in [-0.2, -0.15) is 11.8 Å². The molecule has 9 unspecified atom stereocenters. The SMILES string of the molecule is COc1cc2cc(c1Cl)N(C)C(=O)CC(OC(=O)[C@H](C)N(C)C(=O)NC(CCSC)C(=O)NC(CCCCN)C(=O)NCCNC(=O)CCN1C(=O)C=CC1=O)C1(C)OC1C(C)C1CC(O)(NC(=O)O1)C(OC)/C=C/C=C(\C)C2. The van der Waals surface area contributed by atoms with Crippen LogP contribution in [-0.4, -0.2) is 189 Å². The molecule has 24 nitrogen and oxygen atoms in total. The van der Waals surface area contributed by atoms with Crippen molar-refractivity contribution in [3.8, 4) is 5.75 Å². The zero-order chi connectivity index (χ0) is 58.4. The molecule has 79 heavy (non-hydrogen) atoms. The van der Waals surface area contributed by atoms with E-state index in [9.17, 15) is 48.3 Å². The number of esters is 1. The second kappa shape index (κ2) is 28.8. The first kappa shape index (κ1) is 63.6. The third-order valence-corrected chi connectivity index (χ3v) is 15.5. The van der Waals surface area contributed by atoms with E-state index >= 15 is 0 Å². The lowest BCUT2D eigenvalue weighted by molar-refractivity contribution is -0.158. The number of fused-ring (bicyclic) bond motifs is 5. The number of hydrogen-bond acceptors (Lipinski definition) is 17. The molecule has 0 saturated carbocycles. The van der Waals surface area contributed by atoms with Crippen molar-refractivity contribution in [2.24, 2.45) is 11.7 Å². The van der Waals surface area contributed by atoms with Gasteiger partial charge in [-0.15, -0.1) is 0 Å². The number of hydrogen-bond donors (Lipinski definition) is 7. The van der Waals surface area contributed by atoms with Crippen molar-refractivity contribution in [3.63, 3.8) is 0 Å². The molecule has 0 spiro atoms. The number of nitrogens with zero attached hydrogens (tertiary/aromatic N) is 3. The summed E-state index contributed by atoms with van der Waals surface area (Å²) in [5, 5.41) is 25.3. The minimum absolute atomic E-state index is 0.0129. The fourth-order valence-corrected chi connectivity index (χ4v) is 10.2. The number of unbranched alkanes of at least 4 members (excludes halogenated alkanes) is 1. The summed E-state index contributed by atoms with van der Waals surface area (Å²) < 4.78 is 29.5. The summed E-state index contributed by atoms with van der Waals surface area (Å²) in [7, 11) is 5.69. The van der Waals surface area contributed by atoms with E-state index in [1.54, 1.807) is 38.1 Å². The molecular weight excluding hydrogens is 1070 g/mol. The highest BCUT2D eigenvalue weighted by molar-refractivity contribution is 7.98. The summed E-state index contributed by atoms with van der Waals surface area (Å²) in [5.41, 5.74) is 4.35. The van der Waals surface area contributed by atoms with Crippen LogP contribution in [0.3, 0.4) is 0 Å². The summed E-state index contributed by atoms with van der Waals surface area (Å²) in [6.07, 6.45) is 5.24. The Morgan fingerprint density at radius 3 is 2.37 bits per heavy atom. The molecule has 2 saturated heterocycles. The van der Waals surface area contributed by atoms with Crippen molar-refractivity contribution in [3.05, 3.63) is 58.7 Å². The van der Waals surface area contributed by atoms with E-state index in [1.807, 2.05) is 19.3 Å². The van der Waals surface area contributed by atoms with Gasteiger partial charge in [-0.05, 0) is 89.1 Å². The molecule has 4 aliphatic rings. The molecule has 4 bridgehead atoms. The van der Waals surface area contributed by atoms with Crippen molar-refractivity contribution in [2.75, 3.05) is 71.4 Å². The predicted molar refractivity (Wildman–Crippen MR) is 293 cm³/mol. The second-order valence-corrected chi connectivity index (χ2v) is 21.6. The maximum Gasteiger partial charge on any atom is 0.409 e. The van der Waals surface area contributed by atoms with Crippen LogP contribution in [0.25, 0.3) is 0 Å². The van der Waals surface area contributed by atoms with Crippen LogP contribution in [0, 0.1) is 5.92 Å². The lowest BCUT2D eigenvalue weighted by Gasteiger charge is -2.42. The van der Waals surface area contributed by atoms with Crippen LogP contribution in [0.2, 0.25) is 5.02 Å². The fraction of sp³-hybridized carbons (Fsp3) is 0.604. The van der Waals surface area contributed by atoms with Crippen LogP contribution in [0.1, 0.15) is 78.2 Å². The summed E-state index contributed by atoms with van der Waals surface area (Å²) in [4.78, 5) is 123. The number of nitrogens with one attached hydrogen (secondary N) is 5. The van der Waals surface area contributed by atoms with Gasteiger partial charge >= 0.3 is 18.1 Å². The number of imide groups is 1. The number of carbonyl (C=O) groups excluding carboxylic acids is 9. The first-order valence-corrected chi connectivity index (χ1v) is 27.9. The van der Waals surface area contributed by atoms with E-state index in [2.05, 4.69) is 26.6 Å². The van der Waals surface area contributed by atoms with Gasteiger partial charge in [-0.1, -0.05) is 42.3 Å². The molecule has 1 aromatic carbocycles. The highest BCUT2D eigenvalue weighted by Crippen LogP contribution is 2.49. The Bertz CT molecular complexity index is 2520. The highest BCUT2D eigenvalue weighted by atomic mass is 35.5. The van der Waals surface area contributed by atoms with Gasteiger partial charge in [0.05, 0.1) is 25.3 Å². The van der Waals surface area contributed by atoms with E-state index in [-0.39, 0.29) is 50.3 Å². The van der Waals surface area contributed by atoms with E-state index in [0.29, 0.717) is 43.0 Å². The largest absolute Gasteiger partial charge is 0.495 e. The van der Waals surface area contributed by atoms with Crippen LogP contribution in [0.4, 0.5) is 15.3 Å². The summed E-state index contributed by atoms with van der Waals surface area (Å²) in [5.74, 6) is -4.10. The Hall–Kier alpha value is -6.25. The third kappa shape index (κ3) is 16.7. The van der Waals surface area contributed by atoms with Gasteiger partial charge in [-0.25, -0.2) is 14.4 Å². The number of nitrogens with two attached hydrogens (primary N) is 1. The average Bonchev–Trinajstić information content (AvgIpc) is 4.22. The zero-order valence-electron chi connectivity index (χ0n) is 46.2. The molecule has 10 atom stereocenters. The van der Waals surface area contributed by atoms with E-state index < -0.39 is 120 Å². The molecule has 0 aromatic heterocycles. The number of methoxy groups -OCH3 is 2. The van der Waals surface area contributed by atoms with Crippen LogP contribution < -0.4 is 42.0 Å². The van der Waals surface area contributed by atoms with Gasteiger partial charge in [0.2, 0.25) is 23.6 Å². The van der Waals surface area contributed by atoms with Crippen LogP contribution in [0.15, 0.2) is 48.1 Å². The summed E-state index contributed by atoms with van der Waals surface area (Å²) >= 11 is 8.25. The molecule has 2 fully saturated rings. The van der Waals surface area contributed by atoms with Crippen LogP contribution in [0.5, 0.6) is 5.75 Å². The standard InChI is InChI=1S/C53H76ClN9O15S/c1-30-13-12-15-39(75-8)53(73)29-38(76-51(72)60-53)31(2)46-52(4,78-46)40(28-44(67)62(6)36-26-33(25-30)27-37(74-7)45(36)54)77-49(70)32(3)61(5)50(71)59-35(19-24-79-9)48(69)58-34(14-10-11-20-55)47(68)57-22-21-56-41(64)18-23-63-42(65)16-17-43(63)66/h12-13,15-17,26-27,31-32,34-35,38-40,46,73H,10-11,14,18-25,28-29,55H2,1-9H3,(H,56,64)(H,57,68)(H,58,69)(H,59,71)(H,60,72)/b15-12+,30-13+/t31?,32-,34?,35?,38?,39?,40?,46?,52?,53?/m0/s1. The fourth-order valence-electron chi connectivity index (χ4n) is 9.43. The maximum absolute atomic E-state index is 14.5. The lowest BCUT2D eigenvalue weighted by Crippen LogP contribution is -2.63. The first-order chi connectivity index (χ1) is 37.4. The Kier molecular flexibility index (Phi) is 23.1. The van der Waals surface area contributed by atoms with Crippen molar-refractivity contribution in [2.45, 2.75) is 133 Å². The van der Waals surface area contributed by atoms with Gasteiger partial charge in [0.15, 0.2) is 5.72 Å². The number of halogens is 1. The number of benzene rings is 1. The molecule has 436 valence electrons. The molecule has 9 amide bonds. The molecular formula is C53H76ClN9O15S. The second-order valence-electron chi connectivity index (χ2n) is 20.2. The Balaban J connectivity index is 1.32. The summed E-state index contributed by atoms with van der Waals surface area (Å²) in [6.45, 7) is 6.91. The molecule has 1 aromatic rings. The number of epoxide rings is 1. The number of likely N-dealkylation sites (N-methyl/N-ethyl adjacent to an activating group) is 1. The van der Waals surface area contributed by atoms with E-state index in [0.717, 1.165) is 33.1 Å². The van der Waals surface area contributed by atoms with Crippen molar-refractivity contribution in [1.29, 1.82) is 0 Å². The van der Waals surface area contributed by atoms with Crippen LogP contribution >= 0.6 is 23.4 Å². The lowest BCUT2D eigenvalue weighted by atomic mass is 9.83. The number of urea groups is 1. The number of ether oxygens (including phenoxy) is 5. The predicted octanol–water partition coefficient (Wildman–Crippen LogP) is 1.98. The summed E-state index contributed by atoms with van der Waals surface area (Å²) in [6, 6.07) is -0.907. The zero-order valence-corrected chi connectivity index (χ0v) is 47.8. The van der Waals surface area contributed by atoms with Crippen LogP contribution in [-0.2, 0) is 58.9 Å². The van der Waals surface area contributed by atoms with Crippen molar-refractivity contribution >= 4 is 82.6 Å². The third-order valence-electron chi connectivity index (χ3n) is 14.5. The van der Waals surface area contributed by atoms with Gasteiger partial charge in [0.25, 0.3) is 11.8 Å². The average molecular weight is 1150 g/mol. The minimum atomic E-state index is -1.92. The maximum atomic E-state index is 14.5. The number of rotatable bonds is 22. The van der Waals surface area contributed by atoms with Gasteiger partial charge < -0.3 is 65.6 Å². The minimum Gasteiger partial charge on any atom is -0.495 e. The monoisotopic (exact) mass is 1150 g/mol. The number of allylic oxidation sites excluding steroid dienone is 3. The number of anilines is 1. The van der Waals surface area contributed by atoms with Crippen molar-refractivity contribution < 1.29 is 71.9 Å².